The molecule has 0 heterocycles. The lowest BCUT2D eigenvalue weighted by molar-refractivity contribution is -0.120. The normalized spacial score (nSPS) is 29.8. The molecule has 1 aromatic carbocycles. The molecule has 1 saturated carbocycles. The van der Waals surface area contributed by atoms with Crippen LogP contribution in [0.25, 0.3) is 0 Å². The first-order chi connectivity index (χ1) is 12.6. The number of hydrogen-bond donors (Lipinski definition) is 0. The Morgan fingerprint density at radius 3 is 2.62 bits per heavy atom. The molecule has 0 bridgehead atoms. The molecular weight excluding hydrogens is 324 g/mol. The second kappa shape index (κ2) is 6.39. The predicted molar refractivity (Wildman–Crippen MR) is 101 cm³/mol. The Morgan fingerprint density at radius 1 is 1.15 bits per heavy atom. The molecule has 0 N–H and O–H groups in total. The number of hydrogen-bond acceptors (Lipinski definition) is 3. The summed E-state index contributed by atoms with van der Waals surface area (Å²) in [6.07, 6.45) is 11.0. The van der Waals surface area contributed by atoms with Crippen LogP contribution in [0.1, 0.15) is 44.1 Å². The van der Waals surface area contributed by atoms with Gasteiger partial charge < -0.3 is 4.74 Å². The molecule has 3 aliphatic carbocycles. The van der Waals surface area contributed by atoms with Gasteiger partial charge in [-0.25, -0.2) is 0 Å². The first-order valence-corrected chi connectivity index (χ1v) is 9.43. The highest BCUT2D eigenvalue weighted by Crippen LogP contribution is 2.61. The average molecular weight is 348 g/mol. The van der Waals surface area contributed by atoms with E-state index >= 15 is 0 Å². The van der Waals surface area contributed by atoms with Crippen LogP contribution >= 0.6 is 0 Å². The van der Waals surface area contributed by atoms with Crippen LogP contribution in [0, 0.1) is 11.3 Å². The Labute approximate surface area is 154 Å². The van der Waals surface area contributed by atoms with Gasteiger partial charge in [-0.1, -0.05) is 42.7 Å². The zero-order chi connectivity index (χ0) is 18.3. The second-order valence-electron chi connectivity index (χ2n) is 7.49. The lowest BCUT2D eigenvalue weighted by atomic mass is 9.55. The van der Waals surface area contributed by atoms with Crippen molar-refractivity contribution in [3.05, 3.63) is 65.3 Å². The van der Waals surface area contributed by atoms with E-state index in [0.717, 1.165) is 37.0 Å². The SMILES string of the molecule is CCCC1=CC(=O)[C@@H]2[C@H](c3ccc(OC)cc3)CCC3=CC(=O)C=C[C@@]132. The van der Waals surface area contributed by atoms with E-state index < -0.39 is 0 Å². The topological polar surface area (TPSA) is 43.4 Å². The summed E-state index contributed by atoms with van der Waals surface area (Å²) in [4.78, 5) is 25.1. The smallest absolute Gasteiger partial charge is 0.178 e. The molecule has 4 rings (SSSR count). The van der Waals surface area contributed by atoms with Crippen LogP contribution in [0.15, 0.2) is 59.7 Å². The third kappa shape index (κ3) is 2.41. The molecule has 3 nitrogen and oxygen atoms in total. The Bertz CT molecular complexity index is 841. The number of ketones is 2. The van der Waals surface area contributed by atoms with Gasteiger partial charge in [-0.05, 0) is 61.1 Å². The molecule has 134 valence electrons. The van der Waals surface area contributed by atoms with Gasteiger partial charge in [0.1, 0.15) is 5.75 Å². The highest BCUT2D eigenvalue weighted by molar-refractivity contribution is 6.05. The molecule has 0 aromatic heterocycles. The van der Waals surface area contributed by atoms with Crippen molar-refractivity contribution in [2.75, 3.05) is 7.11 Å². The van der Waals surface area contributed by atoms with Crippen molar-refractivity contribution < 1.29 is 14.3 Å². The van der Waals surface area contributed by atoms with E-state index in [2.05, 4.69) is 19.1 Å². The van der Waals surface area contributed by atoms with Crippen molar-refractivity contribution >= 4 is 11.6 Å². The summed E-state index contributed by atoms with van der Waals surface area (Å²) in [6.45, 7) is 2.14. The third-order valence-electron chi connectivity index (χ3n) is 6.19. The van der Waals surface area contributed by atoms with E-state index in [1.807, 2.05) is 24.3 Å². The summed E-state index contributed by atoms with van der Waals surface area (Å²) in [5, 5.41) is 0. The Hall–Kier alpha value is -2.42. The number of allylic oxidation sites excluding steroid dienone is 6. The third-order valence-corrected chi connectivity index (χ3v) is 6.19. The van der Waals surface area contributed by atoms with Crippen LogP contribution in [-0.4, -0.2) is 18.7 Å². The number of rotatable bonds is 4. The van der Waals surface area contributed by atoms with Crippen LogP contribution in [-0.2, 0) is 9.59 Å². The van der Waals surface area contributed by atoms with Gasteiger partial charge in [-0.3, -0.25) is 9.59 Å². The van der Waals surface area contributed by atoms with E-state index in [1.165, 1.54) is 11.1 Å². The molecule has 3 aliphatic rings. The van der Waals surface area contributed by atoms with Gasteiger partial charge in [-0.2, -0.15) is 0 Å². The molecule has 1 spiro atoms. The molecule has 0 amide bonds. The summed E-state index contributed by atoms with van der Waals surface area (Å²) >= 11 is 0. The van der Waals surface area contributed by atoms with E-state index in [4.69, 9.17) is 4.74 Å². The van der Waals surface area contributed by atoms with Gasteiger partial charge in [0.05, 0.1) is 7.11 Å². The molecular formula is C23H24O3. The maximum atomic E-state index is 13.1. The number of ether oxygens (including phenoxy) is 1. The van der Waals surface area contributed by atoms with Crippen molar-refractivity contribution in [2.24, 2.45) is 11.3 Å². The monoisotopic (exact) mass is 348 g/mol. The zero-order valence-electron chi connectivity index (χ0n) is 15.3. The minimum Gasteiger partial charge on any atom is -0.497 e. The van der Waals surface area contributed by atoms with Crippen LogP contribution < -0.4 is 4.74 Å². The fraction of sp³-hybridized carbons (Fsp3) is 0.391. The van der Waals surface area contributed by atoms with Crippen LogP contribution in [0.5, 0.6) is 5.75 Å². The van der Waals surface area contributed by atoms with Crippen molar-refractivity contribution in [1.82, 2.24) is 0 Å². The average Bonchev–Trinajstić information content (AvgIpc) is 2.94. The van der Waals surface area contributed by atoms with Crippen LogP contribution in [0.4, 0.5) is 0 Å². The van der Waals surface area contributed by atoms with Crippen LogP contribution in [0.2, 0.25) is 0 Å². The molecule has 3 heteroatoms. The van der Waals surface area contributed by atoms with Gasteiger partial charge in [0, 0.05) is 11.3 Å². The van der Waals surface area contributed by atoms with Crippen molar-refractivity contribution in [2.45, 2.75) is 38.5 Å². The number of carbonyl (C=O) groups excluding carboxylic acids is 2. The lowest BCUT2D eigenvalue weighted by Gasteiger charge is -2.46. The summed E-state index contributed by atoms with van der Waals surface area (Å²) in [5.41, 5.74) is 3.11. The summed E-state index contributed by atoms with van der Waals surface area (Å²) < 4.78 is 5.27. The number of carbonyl (C=O) groups is 2. The van der Waals surface area contributed by atoms with E-state index in [-0.39, 0.29) is 28.8 Å². The summed E-state index contributed by atoms with van der Waals surface area (Å²) in [6, 6.07) is 8.09. The predicted octanol–water partition coefficient (Wildman–Crippen LogP) is 4.55. The van der Waals surface area contributed by atoms with Gasteiger partial charge in [0.2, 0.25) is 0 Å². The maximum Gasteiger partial charge on any atom is 0.178 e. The zero-order valence-corrected chi connectivity index (χ0v) is 15.3. The summed E-state index contributed by atoms with van der Waals surface area (Å²) in [7, 11) is 1.66. The minimum absolute atomic E-state index is 0.0440. The quantitative estimate of drug-likeness (QED) is 0.802. The molecule has 0 aliphatic heterocycles. The maximum absolute atomic E-state index is 13.1. The number of methoxy groups -OCH3 is 1. The molecule has 0 radical (unpaired) electrons. The van der Waals surface area contributed by atoms with Gasteiger partial charge in [-0.15, -0.1) is 0 Å². The second-order valence-corrected chi connectivity index (χ2v) is 7.49. The molecule has 1 fully saturated rings. The minimum atomic E-state index is -0.385. The fourth-order valence-electron chi connectivity index (χ4n) is 5.11. The van der Waals surface area contributed by atoms with E-state index in [9.17, 15) is 9.59 Å². The summed E-state index contributed by atoms with van der Waals surface area (Å²) in [5.74, 6) is 1.10. The molecule has 26 heavy (non-hydrogen) atoms. The standard InChI is InChI=1S/C23H24O3/c1-3-4-16-14-21(25)22-20(15-5-8-19(26-2)9-6-15)10-7-17-13-18(24)11-12-23(16,17)22/h5-6,8-9,11-14,20,22H,3-4,7,10H2,1-2H3/t20-,22-,23+/m0/s1. The van der Waals surface area contributed by atoms with E-state index in [1.54, 1.807) is 19.3 Å². The molecule has 3 atom stereocenters. The fourth-order valence-corrected chi connectivity index (χ4v) is 5.11. The van der Waals surface area contributed by atoms with Crippen molar-refractivity contribution in [3.63, 3.8) is 0 Å². The first-order valence-electron chi connectivity index (χ1n) is 9.43. The molecule has 0 saturated heterocycles. The molecule has 1 aromatic rings. The van der Waals surface area contributed by atoms with Crippen molar-refractivity contribution in [1.29, 1.82) is 0 Å². The van der Waals surface area contributed by atoms with Gasteiger partial charge in [0.15, 0.2) is 11.6 Å². The lowest BCUT2D eigenvalue weighted by Crippen LogP contribution is -2.41. The van der Waals surface area contributed by atoms with Crippen molar-refractivity contribution in [3.8, 4) is 5.75 Å². The highest BCUT2D eigenvalue weighted by atomic mass is 16.5. The van der Waals surface area contributed by atoms with E-state index in [0.29, 0.717) is 0 Å². The Morgan fingerprint density at radius 2 is 1.92 bits per heavy atom. The van der Waals surface area contributed by atoms with Gasteiger partial charge in [0.25, 0.3) is 0 Å². The highest BCUT2D eigenvalue weighted by Gasteiger charge is 2.56. The Balaban J connectivity index is 1.80. The number of benzene rings is 1. The molecule has 0 unspecified atom stereocenters. The van der Waals surface area contributed by atoms with Gasteiger partial charge >= 0.3 is 0 Å². The largest absolute Gasteiger partial charge is 0.497 e. The first kappa shape index (κ1) is 17.0. The Kier molecular flexibility index (Phi) is 4.18. The van der Waals surface area contributed by atoms with Crippen LogP contribution in [0.3, 0.4) is 0 Å².